The lowest BCUT2D eigenvalue weighted by Crippen LogP contribution is -2.08. The highest BCUT2D eigenvalue weighted by molar-refractivity contribution is 5.44. The van der Waals surface area contributed by atoms with Crippen molar-refractivity contribution < 1.29 is 4.74 Å². The number of hydrogen-bond acceptors (Lipinski definition) is 3. The molecule has 0 saturated heterocycles. The number of hydrogen-bond donors (Lipinski definition) is 1. The summed E-state index contributed by atoms with van der Waals surface area (Å²) in [5.74, 6) is 1.88. The first kappa shape index (κ1) is 11.7. The minimum Gasteiger partial charge on any atom is -0.496 e. The number of benzene rings is 1. The molecule has 0 aliphatic rings. The van der Waals surface area contributed by atoms with Crippen molar-refractivity contribution in [1.29, 1.82) is 0 Å². The second-order valence-electron chi connectivity index (χ2n) is 3.91. The van der Waals surface area contributed by atoms with E-state index in [1.54, 1.807) is 13.3 Å². The average molecular weight is 231 g/mol. The Morgan fingerprint density at radius 1 is 1.41 bits per heavy atom. The molecule has 0 aliphatic carbocycles. The van der Waals surface area contributed by atoms with Crippen LogP contribution >= 0.6 is 0 Å². The maximum absolute atomic E-state index is 5.57. The van der Waals surface area contributed by atoms with Gasteiger partial charge in [-0.3, -0.25) is 0 Å². The van der Waals surface area contributed by atoms with Crippen LogP contribution in [0.5, 0.6) is 5.75 Å². The zero-order chi connectivity index (χ0) is 12.3. The lowest BCUT2D eigenvalue weighted by molar-refractivity contribution is 0.411. The van der Waals surface area contributed by atoms with Crippen molar-refractivity contribution in [3.8, 4) is 11.4 Å². The van der Waals surface area contributed by atoms with Crippen LogP contribution < -0.4 is 10.5 Å². The van der Waals surface area contributed by atoms with Gasteiger partial charge in [0.1, 0.15) is 11.6 Å². The monoisotopic (exact) mass is 231 g/mol. The standard InChI is InChI=1S/C13H17N3O/c1-10-9-11(3-4-12(10)17-2)16-8-7-15-13(16)5-6-14/h3-4,7-9H,5-6,14H2,1-2H3. The highest BCUT2D eigenvalue weighted by atomic mass is 16.5. The van der Waals surface area contributed by atoms with Crippen LogP contribution in [0, 0.1) is 6.92 Å². The summed E-state index contributed by atoms with van der Waals surface area (Å²) in [6, 6.07) is 6.07. The molecule has 0 saturated carbocycles. The summed E-state index contributed by atoms with van der Waals surface area (Å²) in [7, 11) is 1.68. The Morgan fingerprint density at radius 2 is 2.24 bits per heavy atom. The topological polar surface area (TPSA) is 53.1 Å². The van der Waals surface area contributed by atoms with Gasteiger partial charge in [-0.2, -0.15) is 0 Å². The SMILES string of the molecule is COc1ccc(-n2ccnc2CCN)cc1C. The summed E-state index contributed by atoms with van der Waals surface area (Å²) >= 11 is 0. The van der Waals surface area contributed by atoms with Crippen LogP contribution in [0.4, 0.5) is 0 Å². The molecule has 90 valence electrons. The number of imidazole rings is 1. The molecule has 2 rings (SSSR count). The fourth-order valence-corrected chi connectivity index (χ4v) is 1.90. The van der Waals surface area contributed by atoms with Crippen molar-refractivity contribution in [2.24, 2.45) is 5.73 Å². The molecular weight excluding hydrogens is 214 g/mol. The van der Waals surface area contributed by atoms with Gasteiger partial charge in [0.05, 0.1) is 7.11 Å². The molecule has 4 nitrogen and oxygen atoms in total. The molecule has 2 aromatic rings. The van der Waals surface area contributed by atoms with Crippen LogP contribution in [0.2, 0.25) is 0 Å². The molecule has 0 spiro atoms. The predicted molar refractivity (Wildman–Crippen MR) is 67.6 cm³/mol. The van der Waals surface area contributed by atoms with Crippen LogP contribution in [0.15, 0.2) is 30.6 Å². The molecule has 0 radical (unpaired) electrons. The van der Waals surface area contributed by atoms with Crippen molar-refractivity contribution in [2.75, 3.05) is 13.7 Å². The third-order valence-corrected chi connectivity index (χ3v) is 2.74. The number of rotatable bonds is 4. The largest absolute Gasteiger partial charge is 0.496 e. The number of aromatic nitrogens is 2. The van der Waals surface area contributed by atoms with Crippen LogP contribution in [0.3, 0.4) is 0 Å². The van der Waals surface area contributed by atoms with E-state index in [0.717, 1.165) is 29.2 Å². The van der Waals surface area contributed by atoms with Gasteiger partial charge in [0.2, 0.25) is 0 Å². The van der Waals surface area contributed by atoms with E-state index >= 15 is 0 Å². The van der Waals surface area contributed by atoms with Crippen molar-refractivity contribution in [1.82, 2.24) is 9.55 Å². The highest BCUT2D eigenvalue weighted by Gasteiger charge is 2.06. The maximum atomic E-state index is 5.57. The molecule has 0 amide bonds. The molecule has 2 N–H and O–H groups in total. The Hall–Kier alpha value is -1.81. The van der Waals surface area contributed by atoms with Crippen LogP contribution in [0.1, 0.15) is 11.4 Å². The van der Waals surface area contributed by atoms with E-state index in [9.17, 15) is 0 Å². The Bertz CT molecular complexity index is 505. The lowest BCUT2D eigenvalue weighted by Gasteiger charge is -2.10. The first-order valence-electron chi connectivity index (χ1n) is 5.63. The zero-order valence-corrected chi connectivity index (χ0v) is 10.2. The van der Waals surface area contributed by atoms with Crippen LogP contribution in [-0.4, -0.2) is 23.2 Å². The van der Waals surface area contributed by atoms with Crippen molar-refractivity contribution in [3.05, 3.63) is 42.0 Å². The fraction of sp³-hybridized carbons (Fsp3) is 0.308. The number of nitrogens with two attached hydrogens (primary N) is 1. The lowest BCUT2D eigenvalue weighted by atomic mass is 10.2. The highest BCUT2D eigenvalue weighted by Crippen LogP contribution is 2.21. The zero-order valence-electron chi connectivity index (χ0n) is 10.2. The Balaban J connectivity index is 2.39. The normalized spacial score (nSPS) is 10.5. The predicted octanol–water partition coefficient (Wildman–Crippen LogP) is 1.69. The molecule has 0 atom stereocenters. The summed E-state index contributed by atoms with van der Waals surface area (Å²) in [6.07, 6.45) is 4.52. The first-order chi connectivity index (χ1) is 8.26. The van der Waals surface area contributed by atoms with Gasteiger partial charge < -0.3 is 15.0 Å². The van der Waals surface area contributed by atoms with E-state index < -0.39 is 0 Å². The quantitative estimate of drug-likeness (QED) is 0.871. The summed E-state index contributed by atoms with van der Waals surface area (Å²) in [6.45, 7) is 2.63. The molecule has 1 aromatic heterocycles. The van der Waals surface area contributed by atoms with Gasteiger partial charge in [-0.15, -0.1) is 0 Å². The second-order valence-corrected chi connectivity index (χ2v) is 3.91. The van der Waals surface area contributed by atoms with E-state index in [1.165, 1.54) is 0 Å². The van der Waals surface area contributed by atoms with Crippen molar-refractivity contribution in [3.63, 3.8) is 0 Å². The van der Waals surface area contributed by atoms with E-state index in [1.807, 2.05) is 25.3 Å². The third kappa shape index (κ3) is 2.31. The van der Waals surface area contributed by atoms with E-state index in [4.69, 9.17) is 10.5 Å². The van der Waals surface area contributed by atoms with Gasteiger partial charge in [0, 0.05) is 24.5 Å². The van der Waals surface area contributed by atoms with Crippen LogP contribution in [0.25, 0.3) is 5.69 Å². The molecule has 4 heteroatoms. The van der Waals surface area contributed by atoms with E-state index in [-0.39, 0.29) is 0 Å². The molecule has 0 aliphatic heterocycles. The number of methoxy groups -OCH3 is 1. The van der Waals surface area contributed by atoms with Gasteiger partial charge in [-0.05, 0) is 37.2 Å². The van der Waals surface area contributed by atoms with E-state index in [2.05, 4.69) is 15.6 Å². The van der Waals surface area contributed by atoms with Gasteiger partial charge in [-0.1, -0.05) is 0 Å². The second kappa shape index (κ2) is 5.01. The van der Waals surface area contributed by atoms with Crippen molar-refractivity contribution in [2.45, 2.75) is 13.3 Å². The summed E-state index contributed by atoms with van der Waals surface area (Å²) in [5, 5.41) is 0. The van der Waals surface area contributed by atoms with Gasteiger partial charge in [0.15, 0.2) is 0 Å². The molecule has 17 heavy (non-hydrogen) atoms. The molecular formula is C13H17N3O. The van der Waals surface area contributed by atoms with Gasteiger partial charge >= 0.3 is 0 Å². The molecule has 1 aromatic carbocycles. The fourth-order valence-electron chi connectivity index (χ4n) is 1.90. The van der Waals surface area contributed by atoms with Gasteiger partial charge in [0.25, 0.3) is 0 Å². The first-order valence-corrected chi connectivity index (χ1v) is 5.63. The minimum atomic E-state index is 0.603. The van der Waals surface area contributed by atoms with Crippen molar-refractivity contribution >= 4 is 0 Å². The summed E-state index contributed by atoms with van der Waals surface area (Å²) in [5.41, 5.74) is 7.76. The Morgan fingerprint density at radius 3 is 2.88 bits per heavy atom. The number of nitrogens with zero attached hydrogens (tertiary/aromatic N) is 2. The minimum absolute atomic E-state index is 0.603. The summed E-state index contributed by atoms with van der Waals surface area (Å²) in [4.78, 5) is 4.31. The number of aryl methyl sites for hydroxylation is 1. The molecule has 0 unspecified atom stereocenters. The van der Waals surface area contributed by atoms with E-state index in [0.29, 0.717) is 6.54 Å². The average Bonchev–Trinajstić information content (AvgIpc) is 2.78. The summed E-state index contributed by atoms with van der Waals surface area (Å²) < 4.78 is 7.31. The van der Waals surface area contributed by atoms with Gasteiger partial charge in [-0.25, -0.2) is 4.98 Å². The Kier molecular flexibility index (Phi) is 3.44. The molecule has 0 bridgehead atoms. The third-order valence-electron chi connectivity index (χ3n) is 2.74. The Labute approximate surface area is 101 Å². The van der Waals surface area contributed by atoms with Crippen LogP contribution in [-0.2, 0) is 6.42 Å². The molecule has 1 heterocycles. The maximum Gasteiger partial charge on any atom is 0.121 e. The smallest absolute Gasteiger partial charge is 0.121 e. The number of ether oxygens (including phenoxy) is 1. The molecule has 0 fully saturated rings.